The van der Waals surface area contributed by atoms with Crippen LogP contribution < -0.4 is 27.0 Å². The van der Waals surface area contributed by atoms with E-state index in [0.29, 0.717) is 6.54 Å². The van der Waals surface area contributed by atoms with Crippen LogP contribution in [0.2, 0.25) is 0 Å². The SMILES string of the molecule is COc1ccc(CNc2c(N)n(C)c(=O)[nH]c2=O)cc1. The minimum atomic E-state index is -0.539. The number of nitrogens with two attached hydrogens (primary N) is 1. The van der Waals surface area contributed by atoms with E-state index < -0.39 is 11.2 Å². The molecular weight excluding hydrogens is 260 g/mol. The van der Waals surface area contributed by atoms with E-state index in [-0.39, 0.29) is 11.5 Å². The van der Waals surface area contributed by atoms with Gasteiger partial charge in [-0.1, -0.05) is 12.1 Å². The van der Waals surface area contributed by atoms with Gasteiger partial charge in [0, 0.05) is 13.6 Å². The van der Waals surface area contributed by atoms with Crippen LogP contribution in [0, 0.1) is 0 Å². The van der Waals surface area contributed by atoms with E-state index in [4.69, 9.17) is 10.5 Å². The van der Waals surface area contributed by atoms with Crippen LogP contribution in [0.3, 0.4) is 0 Å². The lowest BCUT2D eigenvalue weighted by Gasteiger charge is -2.11. The number of nitrogens with one attached hydrogen (secondary N) is 2. The second kappa shape index (κ2) is 5.52. The molecule has 20 heavy (non-hydrogen) atoms. The van der Waals surface area contributed by atoms with E-state index in [2.05, 4.69) is 10.3 Å². The Morgan fingerprint density at radius 1 is 1.30 bits per heavy atom. The first kappa shape index (κ1) is 13.7. The molecular formula is C13H16N4O3. The summed E-state index contributed by atoms with van der Waals surface area (Å²) in [6.45, 7) is 0.412. The molecule has 1 aromatic heterocycles. The van der Waals surface area contributed by atoms with Gasteiger partial charge in [-0.3, -0.25) is 14.3 Å². The quantitative estimate of drug-likeness (QED) is 0.744. The van der Waals surface area contributed by atoms with E-state index in [1.165, 1.54) is 11.6 Å². The number of hydrogen-bond donors (Lipinski definition) is 3. The molecule has 4 N–H and O–H groups in total. The molecule has 0 unspecified atom stereocenters. The molecule has 0 aliphatic rings. The summed E-state index contributed by atoms with van der Waals surface area (Å²) in [5, 5.41) is 2.93. The minimum absolute atomic E-state index is 0.104. The molecule has 0 saturated heterocycles. The number of methoxy groups -OCH3 is 1. The highest BCUT2D eigenvalue weighted by Gasteiger charge is 2.09. The Labute approximate surface area is 115 Å². The van der Waals surface area contributed by atoms with Crippen LogP contribution in [0.1, 0.15) is 5.56 Å². The van der Waals surface area contributed by atoms with Crippen molar-refractivity contribution in [2.45, 2.75) is 6.54 Å². The highest BCUT2D eigenvalue weighted by Crippen LogP contribution is 2.14. The third kappa shape index (κ3) is 2.66. The average Bonchev–Trinajstić information content (AvgIpc) is 2.45. The number of aromatic amines is 1. The van der Waals surface area contributed by atoms with Crippen molar-refractivity contribution in [1.29, 1.82) is 0 Å². The van der Waals surface area contributed by atoms with Crippen LogP contribution in [-0.4, -0.2) is 16.7 Å². The molecule has 0 fully saturated rings. The Kier molecular flexibility index (Phi) is 3.79. The molecule has 0 bridgehead atoms. The van der Waals surface area contributed by atoms with Gasteiger partial charge in [-0.25, -0.2) is 4.79 Å². The molecule has 0 aliphatic carbocycles. The molecule has 0 aliphatic heterocycles. The number of anilines is 2. The summed E-state index contributed by atoms with van der Waals surface area (Å²) in [4.78, 5) is 25.2. The van der Waals surface area contributed by atoms with Crippen molar-refractivity contribution in [3.8, 4) is 5.75 Å². The van der Waals surface area contributed by atoms with Crippen LogP contribution in [-0.2, 0) is 13.6 Å². The number of H-pyrrole nitrogens is 1. The Morgan fingerprint density at radius 2 is 1.95 bits per heavy atom. The van der Waals surface area contributed by atoms with Crippen LogP contribution in [0.25, 0.3) is 0 Å². The largest absolute Gasteiger partial charge is 0.497 e. The number of nitrogen functional groups attached to an aromatic ring is 1. The third-order valence-electron chi connectivity index (χ3n) is 3.00. The Morgan fingerprint density at radius 3 is 2.55 bits per heavy atom. The second-order valence-corrected chi connectivity index (χ2v) is 4.28. The van der Waals surface area contributed by atoms with E-state index in [1.54, 1.807) is 7.11 Å². The highest BCUT2D eigenvalue weighted by atomic mass is 16.5. The van der Waals surface area contributed by atoms with E-state index in [0.717, 1.165) is 11.3 Å². The van der Waals surface area contributed by atoms with Crippen LogP contribution in [0.4, 0.5) is 11.5 Å². The van der Waals surface area contributed by atoms with Crippen molar-refractivity contribution >= 4 is 11.5 Å². The minimum Gasteiger partial charge on any atom is -0.497 e. The summed E-state index contributed by atoms with van der Waals surface area (Å²) < 4.78 is 6.24. The number of aromatic nitrogens is 2. The highest BCUT2D eigenvalue weighted by molar-refractivity contribution is 5.60. The van der Waals surface area contributed by atoms with Crippen molar-refractivity contribution in [3.63, 3.8) is 0 Å². The van der Waals surface area contributed by atoms with Gasteiger partial charge < -0.3 is 15.8 Å². The van der Waals surface area contributed by atoms with Crippen molar-refractivity contribution in [3.05, 3.63) is 50.7 Å². The molecule has 0 saturated carbocycles. The number of rotatable bonds is 4. The maximum Gasteiger partial charge on any atom is 0.329 e. The van der Waals surface area contributed by atoms with Crippen molar-refractivity contribution in [2.75, 3.05) is 18.2 Å². The molecule has 7 nitrogen and oxygen atoms in total. The maximum atomic E-state index is 11.7. The zero-order chi connectivity index (χ0) is 14.7. The fourth-order valence-electron chi connectivity index (χ4n) is 1.74. The molecule has 0 radical (unpaired) electrons. The lowest BCUT2D eigenvalue weighted by Crippen LogP contribution is -2.32. The number of ether oxygens (including phenoxy) is 1. The lowest BCUT2D eigenvalue weighted by atomic mass is 10.2. The van der Waals surface area contributed by atoms with Crippen molar-refractivity contribution < 1.29 is 4.74 Å². The second-order valence-electron chi connectivity index (χ2n) is 4.28. The van der Waals surface area contributed by atoms with Crippen LogP contribution in [0.15, 0.2) is 33.9 Å². The predicted molar refractivity (Wildman–Crippen MR) is 77.0 cm³/mol. The van der Waals surface area contributed by atoms with E-state index in [1.807, 2.05) is 24.3 Å². The normalized spacial score (nSPS) is 10.3. The van der Waals surface area contributed by atoms with E-state index >= 15 is 0 Å². The third-order valence-corrected chi connectivity index (χ3v) is 3.00. The molecule has 2 rings (SSSR count). The fourth-order valence-corrected chi connectivity index (χ4v) is 1.74. The van der Waals surface area contributed by atoms with Gasteiger partial charge in [0.05, 0.1) is 7.11 Å². The number of benzene rings is 1. The van der Waals surface area contributed by atoms with Gasteiger partial charge in [0.15, 0.2) is 0 Å². The van der Waals surface area contributed by atoms with Gasteiger partial charge in [0.2, 0.25) is 0 Å². The zero-order valence-corrected chi connectivity index (χ0v) is 11.3. The predicted octanol–water partition coefficient (Wildman–Crippen LogP) is 0.276. The summed E-state index contributed by atoms with van der Waals surface area (Å²) in [5.74, 6) is 0.862. The zero-order valence-electron chi connectivity index (χ0n) is 11.3. The fraction of sp³-hybridized carbons (Fsp3) is 0.231. The maximum absolute atomic E-state index is 11.7. The molecule has 0 atom stereocenters. The molecule has 2 aromatic rings. The Hall–Kier alpha value is -2.70. The molecule has 1 heterocycles. The number of hydrogen-bond acceptors (Lipinski definition) is 5. The Balaban J connectivity index is 2.20. The smallest absolute Gasteiger partial charge is 0.329 e. The van der Waals surface area contributed by atoms with Gasteiger partial charge >= 0.3 is 5.69 Å². The van der Waals surface area contributed by atoms with Gasteiger partial charge in [-0.15, -0.1) is 0 Å². The van der Waals surface area contributed by atoms with Crippen LogP contribution in [0.5, 0.6) is 5.75 Å². The van der Waals surface area contributed by atoms with Crippen LogP contribution >= 0.6 is 0 Å². The van der Waals surface area contributed by atoms with Gasteiger partial charge in [-0.2, -0.15) is 0 Å². The van der Waals surface area contributed by atoms with Crippen molar-refractivity contribution in [2.24, 2.45) is 7.05 Å². The number of nitrogens with zero attached hydrogens (tertiary/aromatic N) is 1. The molecule has 106 valence electrons. The van der Waals surface area contributed by atoms with Gasteiger partial charge in [0.1, 0.15) is 17.3 Å². The summed E-state index contributed by atoms with van der Waals surface area (Å²) in [7, 11) is 3.09. The first-order valence-electron chi connectivity index (χ1n) is 5.98. The molecule has 1 aromatic carbocycles. The first-order chi connectivity index (χ1) is 9.52. The van der Waals surface area contributed by atoms with E-state index in [9.17, 15) is 9.59 Å². The van der Waals surface area contributed by atoms with Gasteiger partial charge in [0.25, 0.3) is 5.56 Å². The summed E-state index contributed by atoms with van der Waals surface area (Å²) >= 11 is 0. The molecule has 7 heteroatoms. The van der Waals surface area contributed by atoms with Gasteiger partial charge in [-0.05, 0) is 17.7 Å². The summed E-state index contributed by atoms with van der Waals surface area (Å²) in [6.07, 6.45) is 0. The summed E-state index contributed by atoms with van der Waals surface area (Å²) in [6, 6.07) is 7.40. The average molecular weight is 276 g/mol. The monoisotopic (exact) mass is 276 g/mol. The Bertz CT molecular complexity index is 716. The topological polar surface area (TPSA) is 102 Å². The van der Waals surface area contributed by atoms with Crippen molar-refractivity contribution in [1.82, 2.24) is 9.55 Å². The lowest BCUT2D eigenvalue weighted by molar-refractivity contribution is 0.414. The molecule has 0 spiro atoms. The first-order valence-corrected chi connectivity index (χ1v) is 5.98. The standard InChI is InChI=1S/C13H16N4O3/c1-17-11(14)10(12(18)16-13(17)19)15-7-8-3-5-9(20-2)6-4-8/h3-6,15H,7,14H2,1-2H3,(H,16,18,19). The summed E-state index contributed by atoms with van der Waals surface area (Å²) in [5.41, 5.74) is 5.83. The molecule has 0 amide bonds.